The number of non-ortho nitro benzene ring substituents is 1. The Kier molecular flexibility index (Phi) is 6.73. The number of amides is 1. The van der Waals surface area contributed by atoms with Gasteiger partial charge in [-0.15, -0.1) is 0 Å². The predicted octanol–water partition coefficient (Wildman–Crippen LogP) is 3.97. The molecule has 0 heterocycles. The number of esters is 1. The van der Waals surface area contributed by atoms with Gasteiger partial charge in [0.25, 0.3) is 11.6 Å². The lowest BCUT2D eigenvalue weighted by atomic mass is 10.2. The molecule has 0 atom stereocenters. The van der Waals surface area contributed by atoms with Crippen molar-refractivity contribution in [3.05, 3.63) is 100 Å². The van der Waals surface area contributed by atoms with Crippen molar-refractivity contribution in [2.75, 3.05) is 11.9 Å². The van der Waals surface area contributed by atoms with Crippen molar-refractivity contribution >= 4 is 23.3 Å². The van der Waals surface area contributed by atoms with E-state index in [0.29, 0.717) is 18.0 Å². The van der Waals surface area contributed by atoms with E-state index in [0.717, 1.165) is 11.6 Å². The van der Waals surface area contributed by atoms with Crippen LogP contribution in [0.3, 0.4) is 0 Å². The van der Waals surface area contributed by atoms with Crippen molar-refractivity contribution in [2.45, 2.75) is 6.61 Å². The van der Waals surface area contributed by atoms with Crippen molar-refractivity contribution in [1.29, 1.82) is 0 Å². The third kappa shape index (κ3) is 5.90. The van der Waals surface area contributed by atoms with Gasteiger partial charge in [-0.1, -0.05) is 36.4 Å². The first kappa shape index (κ1) is 20.5. The van der Waals surface area contributed by atoms with Gasteiger partial charge in [0, 0.05) is 17.8 Å². The van der Waals surface area contributed by atoms with Crippen molar-refractivity contribution in [2.24, 2.45) is 0 Å². The average molecular weight is 406 g/mol. The molecule has 3 aromatic carbocycles. The minimum atomic E-state index is -0.821. The zero-order chi connectivity index (χ0) is 21.3. The molecule has 8 nitrogen and oxygen atoms in total. The topological polar surface area (TPSA) is 108 Å². The Labute approximate surface area is 172 Å². The number of hydrogen-bond acceptors (Lipinski definition) is 6. The molecule has 0 aliphatic rings. The summed E-state index contributed by atoms with van der Waals surface area (Å²) in [6.07, 6.45) is 0. The van der Waals surface area contributed by atoms with E-state index < -0.39 is 23.4 Å². The quantitative estimate of drug-likeness (QED) is 0.345. The zero-order valence-electron chi connectivity index (χ0n) is 15.8. The van der Waals surface area contributed by atoms with Crippen molar-refractivity contribution in [3.63, 3.8) is 0 Å². The third-order valence-corrected chi connectivity index (χ3v) is 4.01. The second-order valence-corrected chi connectivity index (χ2v) is 6.23. The summed E-state index contributed by atoms with van der Waals surface area (Å²) in [6, 6.07) is 21.6. The van der Waals surface area contributed by atoms with Crippen LogP contribution in [0.4, 0.5) is 11.4 Å². The van der Waals surface area contributed by atoms with E-state index in [2.05, 4.69) is 5.32 Å². The number of nitrogens with zero attached hydrogens (tertiary/aromatic N) is 1. The maximum atomic E-state index is 12.0. The van der Waals surface area contributed by atoms with Crippen LogP contribution in [-0.2, 0) is 16.1 Å². The first-order valence-electron chi connectivity index (χ1n) is 8.99. The molecule has 0 fully saturated rings. The van der Waals surface area contributed by atoms with Crippen LogP contribution >= 0.6 is 0 Å². The molecule has 1 N–H and O–H groups in total. The van der Waals surface area contributed by atoms with Crippen LogP contribution in [0.2, 0.25) is 0 Å². The van der Waals surface area contributed by atoms with Crippen molar-refractivity contribution < 1.29 is 24.0 Å². The van der Waals surface area contributed by atoms with Crippen molar-refractivity contribution in [3.8, 4) is 5.75 Å². The summed E-state index contributed by atoms with van der Waals surface area (Å²) < 4.78 is 10.6. The van der Waals surface area contributed by atoms with Gasteiger partial charge in [-0.05, 0) is 35.9 Å². The predicted molar refractivity (Wildman–Crippen MR) is 109 cm³/mol. The van der Waals surface area contributed by atoms with E-state index in [-0.39, 0.29) is 11.3 Å². The summed E-state index contributed by atoms with van der Waals surface area (Å²) in [6.45, 7) is -0.0894. The van der Waals surface area contributed by atoms with Gasteiger partial charge in [-0.2, -0.15) is 0 Å². The number of anilines is 1. The molecular formula is C22H18N2O6. The van der Waals surface area contributed by atoms with Crippen LogP contribution < -0.4 is 10.1 Å². The van der Waals surface area contributed by atoms with Crippen LogP contribution in [0.25, 0.3) is 0 Å². The Morgan fingerprint density at radius 3 is 2.37 bits per heavy atom. The zero-order valence-corrected chi connectivity index (χ0v) is 15.8. The van der Waals surface area contributed by atoms with Crippen molar-refractivity contribution in [1.82, 2.24) is 0 Å². The van der Waals surface area contributed by atoms with E-state index in [9.17, 15) is 19.7 Å². The Bertz CT molecular complexity index is 1040. The van der Waals surface area contributed by atoms with Gasteiger partial charge in [0.1, 0.15) is 12.4 Å². The van der Waals surface area contributed by atoms with Gasteiger partial charge in [0.05, 0.1) is 10.5 Å². The van der Waals surface area contributed by atoms with Crippen LogP contribution in [0.15, 0.2) is 78.9 Å². The number of carbonyl (C=O) groups is 2. The summed E-state index contributed by atoms with van der Waals surface area (Å²) in [7, 11) is 0. The summed E-state index contributed by atoms with van der Waals surface area (Å²) in [5.74, 6) is -0.709. The van der Waals surface area contributed by atoms with Crippen LogP contribution in [-0.4, -0.2) is 23.4 Å². The number of rotatable bonds is 8. The molecule has 8 heteroatoms. The van der Waals surface area contributed by atoms with Gasteiger partial charge in [-0.25, -0.2) is 4.79 Å². The molecule has 0 bridgehead atoms. The Balaban J connectivity index is 1.47. The number of ether oxygens (including phenoxy) is 2. The maximum Gasteiger partial charge on any atom is 0.338 e. The first-order chi connectivity index (χ1) is 14.5. The number of hydrogen-bond donors (Lipinski definition) is 1. The average Bonchev–Trinajstić information content (AvgIpc) is 2.78. The number of nitro benzene ring substituents is 1. The summed E-state index contributed by atoms with van der Waals surface area (Å²) in [4.78, 5) is 34.1. The molecular weight excluding hydrogens is 388 g/mol. The highest BCUT2D eigenvalue weighted by Crippen LogP contribution is 2.17. The van der Waals surface area contributed by atoms with E-state index >= 15 is 0 Å². The molecule has 0 saturated heterocycles. The van der Waals surface area contributed by atoms with Crippen LogP contribution in [0.1, 0.15) is 15.9 Å². The molecule has 0 aliphatic carbocycles. The minimum Gasteiger partial charge on any atom is -0.489 e. The molecule has 0 saturated carbocycles. The highest BCUT2D eigenvalue weighted by Gasteiger charge is 2.14. The molecule has 1 amide bonds. The lowest BCUT2D eigenvalue weighted by molar-refractivity contribution is -0.384. The van der Waals surface area contributed by atoms with E-state index in [1.165, 1.54) is 18.2 Å². The number of carbonyl (C=O) groups excluding carboxylic acids is 2. The van der Waals surface area contributed by atoms with Gasteiger partial charge in [-0.3, -0.25) is 14.9 Å². The normalized spacial score (nSPS) is 10.1. The Hall–Kier alpha value is -4.20. The summed E-state index contributed by atoms with van der Waals surface area (Å²) >= 11 is 0. The lowest BCUT2D eigenvalue weighted by Crippen LogP contribution is -2.20. The van der Waals surface area contributed by atoms with Crippen LogP contribution in [0.5, 0.6) is 5.75 Å². The number of nitro groups is 1. The fraction of sp³-hybridized carbons (Fsp3) is 0.0909. The second-order valence-electron chi connectivity index (χ2n) is 6.23. The van der Waals surface area contributed by atoms with Gasteiger partial charge >= 0.3 is 5.97 Å². The number of benzene rings is 3. The Morgan fingerprint density at radius 2 is 1.67 bits per heavy atom. The molecule has 30 heavy (non-hydrogen) atoms. The smallest absolute Gasteiger partial charge is 0.338 e. The van der Waals surface area contributed by atoms with Gasteiger partial charge in [0.2, 0.25) is 0 Å². The molecule has 0 aromatic heterocycles. The molecule has 0 radical (unpaired) electrons. The highest BCUT2D eigenvalue weighted by molar-refractivity contribution is 5.95. The Morgan fingerprint density at radius 1 is 0.933 bits per heavy atom. The largest absolute Gasteiger partial charge is 0.489 e. The summed E-state index contributed by atoms with van der Waals surface area (Å²) in [5, 5.41) is 13.4. The monoisotopic (exact) mass is 406 g/mol. The second kappa shape index (κ2) is 9.83. The van der Waals surface area contributed by atoms with Crippen LogP contribution in [0, 0.1) is 10.1 Å². The maximum absolute atomic E-state index is 12.0. The standard InChI is InChI=1S/C22H18N2O6/c25-21(15-30-22(26)17-7-4-8-19(13-17)24(27)28)23-18-9-11-20(12-10-18)29-14-16-5-2-1-3-6-16/h1-13H,14-15H2,(H,23,25). The van der Waals surface area contributed by atoms with E-state index in [1.54, 1.807) is 24.3 Å². The molecule has 0 aliphatic heterocycles. The van der Waals surface area contributed by atoms with E-state index in [4.69, 9.17) is 9.47 Å². The lowest BCUT2D eigenvalue weighted by Gasteiger charge is -2.09. The molecule has 3 aromatic rings. The third-order valence-electron chi connectivity index (χ3n) is 4.01. The van der Waals surface area contributed by atoms with E-state index in [1.807, 2.05) is 30.3 Å². The fourth-order valence-corrected chi connectivity index (χ4v) is 2.53. The summed E-state index contributed by atoms with van der Waals surface area (Å²) in [5.41, 5.74) is 1.32. The molecule has 3 rings (SSSR count). The molecule has 152 valence electrons. The minimum absolute atomic E-state index is 0.00285. The number of nitrogens with one attached hydrogen (secondary N) is 1. The van der Waals surface area contributed by atoms with Gasteiger partial charge < -0.3 is 14.8 Å². The SMILES string of the molecule is O=C(COC(=O)c1cccc([N+](=O)[O-])c1)Nc1ccc(OCc2ccccc2)cc1. The molecule has 0 spiro atoms. The first-order valence-corrected chi connectivity index (χ1v) is 8.99. The fourth-order valence-electron chi connectivity index (χ4n) is 2.53. The highest BCUT2D eigenvalue weighted by atomic mass is 16.6. The molecule has 0 unspecified atom stereocenters. The van der Waals surface area contributed by atoms with Gasteiger partial charge in [0.15, 0.2) is 6.61 Å².